The molecule has 1 atom stereocenters. The number of anilines is 1. The lowest BCUT2D eigenvalue weighted by molar-refractivity contribution is 0.0975. The van der Waals surface area contributed by atoms with Crippen LogP contribution in [0.2, 0.25) is 0 Å². The third-order valence-electron chi connectivity index (χ3n) is 3.04. The van der Waals surface area contributed by atoms with Crippen LogP contribution in [-0.4, -0.2) is 15.7 Å². The normalized spacial score (nSPS) is 13.6. The fourth-order valence-electron chi connectivity index (χ4n) is 1.87. The van der Waals surface area contributed by atoms with Gasteiger partial charge in [0, 0.05) is 11.3 Å². The molecule has 0 aromatic heterocycles. The number of nitrogen functional groups attached to an aromatic ring is 1. The van der Waals surface area contributed by atoms with Gasteiger partial charge in [0.2, 0.25) is 0 Å². The minimum atomic E-state index is -0.326. The van der Waals surface area contributed by atoms with E-state index in [4.69, 9.17) is 5.73 Å². The Balaban J connectivity index is 3.38. The Hall–Kier alpha value is -1.03. The first-order valence-electron chi connectivity index (χ1n) is 6.37. The summed E-state index contributed by atoms with van der Waals surface area (Å²) in [7, 11) is 0. The molecule has 0 aliphatic carbocycles. The van der Waals surface area contributed by atoms with E-state index in [0.29, 0.717) is 16.8 Å². The SMILES string of the molecule is CC(C)C(Br)C(=O)c1cc(N)cc(C(C)(C)C)c1O. The number of carbonyl (C=O) groups is 1. The Morgan fingerprint density at radius 2 is 1.84 bits per heavy atom. The molecule has 1 aromatic rings. The number of phenols is 1. The van der Waals surface area contributed by atoms with Crippen LogP contribution in [0.15, 0.2) is 12.1 Å². The van der Waals surface area contributed by atoms with E-state index in [9.17, 15) is 9.90 Å². The summed E-state index contributed by atoms with van der Waals surface area (Å²) in [6.45, 7) is 9.83. The minimum Gasteiger partial charge on any atom is -0.507 e. The van der Waals surface area contributed by atoms with Gasteiger partial charge in [-0.1, -0.05) is 50.5 Å². The lowest BCUT2D eigenvalue weighted by Gasteiger charge is -2.23. The average Bonchev–Trinajstić information content (AvgIpc) is 2.28. The monoisotopic (exact) mass is 327 g/mol. The van der Waals surface area contributed by atoms with Crippen molar-refractivity contribution in [2.75, 3.05) is 5.73 Å². The molecule has 0 amide bonds. The van der Waals surface area contributed by atoms with Crippen LogP contribution in [0.5, 0.6) is 5.75 Å². The Labute approximate surface area is 123 Å². The molecule has 0 aliphatic heterocycles. The Morgan fingerprint density at radius 1 is 1.32 bits per heavy atom. The van der Waals surface area contributed by atoms with Crippen molar-refractivity contribution < 1.29 is 9.90 Å². The van der Waals surface area contributed by atoms with Crippen LogP contribution in [0.25, 0.3) is 0 Å². The Kier molecular flexibility index (Phi) is 4.67. The Bertz CT molecular complexity index is 490. The summed E-state index contributed by atoms with van der Waals surface area (Å²) in [5.74, 6) is 0.0496. The van der Waals surface area contributed by atoms with Crippen LogP contribution in [0.3, 0.4) is 0 Å². The van der Waals surface area contributed by atoms with Gasteiger partial charge >= 0.3 is 0 Å². The van der Waals surface area contributed by atoms with Crippen molar-refractivity contribution in [1.82, 2.24) is 0 Å². The van der Waals surface area contributed by atoms with Crippen molar-refractivity contribution in [3.8, 4) is 5.75 Å². The van der Waals surface area contributed by atoms with E-state index >= 15 is 0 Å². The number of carbonyl (C=O) groups excluding carboxylic acids is 1. The summed E-state index contributed by atoms with van der Waals surface area (Å²) >= 11 is 3.38. The summed E-state index contributed by atoms with van der Waals surface area (Å²) in [6.07, 6.45) is 0. The number of hydrogen-bond donors (Lipinski definition) is 2. The molecule has 1 rings (SSSR count). The van der Waals surface area contributed by atoms with Crippen molar-refractivity contribution in [1.29, 1.82) is 0 Å². The van der Waals surface area contributed by atoms with Gasteiger partial charge < -0.3 is 10.8 Å². The van der Waals surface area contributed by atoms with Crippen LogP contribution < -0.4 is 5.73 Å². The smallest absolute Gasteiger partial charge is 0.180 e. The molecule has 0 spiro atoms. The first-order chi connectivity index (χ1) is 8.55. The maximum Gasteiger partial charge on any atom is 0.180 e. The quantitative estimate of drug-likeness (QED) is 0.383. The number of hydrogen-bond acceptors (Lipinski definition) is 3. The summed E-state index contributed by atoms with van der Waals surface area (Å²) < 4.78 is 0. The van der Waals surface area contributed by atoms with E-state index in [-0.39, 0.29) is 27.7 Å². The van der Waals surface area contributed by atoms with E-state index in [1.807, 2.05) is 34.6 Å². The zero-order valence-corrected chi connectivity index (χ0v) is 13.7. The highest BCUT2D eigenvalue weighted by Gasteiger charge is 2.27. The molecule has 0 aliphatic rings. The second kappa shape index (κ2) is 5.53. The number of aromatic hydroxyl groups is 1. The zero-order valence-electron chi connectivity index (χ0n) is 12.1. The van der Waals surface area contributed by atoms with Crippen molar-refractivity contribution in [3.63, 3.8) is 0 Å². The number of phenolic OH excluding ortho intramolecular Hbond substituents is 1. The van der Waals surface area contributed by atoms with Gasteiger partial charge in [-0.2, -0.15) is 0 Å². The lowest BCUT2D eigenvalue weighted by Crippen LogP contribution is -2.22. The minimum absolute atomic E-state index is 0.0387. The number of halogens is 1. The summed E-state index contributed by atoms with van der Waals surface area (Å²) in [5, 5.41) is 10.4. The van der Waals surface area contributed by atoms with Gasteiger partial charge in [0.25, 0.3) is 0 Å². The van der Waals surface area contributed by atoms with Gasteiger partial charge in [-0.05, 0) is 23.5 Å². The maximum atomic E-state index is 12.4. The molecular weight excluding hydrogens is 306 g/mol. The molecule has 0 radical (unpaired) electrons. The number of alkyl halides is 1. The number of benzene rings is 1. The van der Waals surface area contributed by atoms with Crippen LogP contribution in [0.4, 0.5) is 5.69 Å². The van der Waals surface area contributed by atoms with Gasteiger partial charge in [0.15, 0.2) is 5.78 Å². The molecule has 0 bridgehead atoms. The molecule has 106 valence electrons. The number of nitrogens with two attached hydrogens (primary N) is 1. The topological polar surface area (TPSA) is 63.3 Å². The average molecular weight is 328 g/mol. The standard InChI is InChI=1S/C15H22BrNO2/c1-8(2)12(16)14(19)10-6-9(17)7-11(13(10)18)15(3,4)5/h6-8,12,18H,17H2,1-5H3. The van der Waals surface area contributed by atoms with Crippen molar-refractivity contribution in [2.45, 2.75) is 44.9 Å². The third kappa shape index (κ3) is 3.50. The van der Waals surface area contributed by atoms with Gasteiger partial charge in [0.1, 0.15) is 5.75 Å². The maximum absolute atomic E-state index is 12.4. The van der Waals surface area contributed by atoms with E-state index in [1.165, 1.54) is 0 Å². The highest BCUT2D eigenvalue weighted by molar-refractivity contribution is 9.10. The largest absolute Gasteiger partial charge is 0.507 e. The molecule has 1 unspecified atom stereocenters. The molecule has 19 heavy (non-hydrogen) atoms. The number of ketones is 1. The second-order valence-electron chi connectivity index (χ2n) is 6.22. The highest BCUT2D eigenvalue weighted by Crippen LogP contribution is 2.36. The molecular formula is C15H22BrNO2. The zero-order chi connectivity index (χ0) is 15.0. The molecule has 0 fully saturated rings. The van der Waals surface area contributed by atoms with E-state index in [0.717, 1.165) is 0 Å². The van der Waals surface area contributed by atoms with Crippen molar-refractivity contribution in [3.05, 3.63) is 23.3 Å². The fourth-order valence-corrected chi connectivity index (χ4v) is 2.11. The van der Waals surface area contributed by atoms with Crippen LogP contribution in [0, 0.1) is 5.92 Å². The Morgan fingerprint density at radius 3 is 2.26 bits per heavy atom. The number of rotatable bonds is 3. The van der Waals surface area contributed by atoms with E-state index in [2.05, 4.69) is 15.9 Å². The van der Waals surface area contributed by atoms with E-state index in [1.54, 1.807) is 12.1 Å². The van der Waals surface area contributed by atoms with Crippen molar-refractivity contribution >= 4 is 27.4 Å². The fraction of sp³-hybridized carbons (Fsp3) is 0.533. The molecule has 4 heteroatoms. The molecule has 0 saturated heterocycles. The number of Topliss-reactive ketones (excluding diaryl/α,β-unsaturated/α-hetero) is 1. The van der Waals surface area contributed by atoms with Crippen LogP contribution >= 0.6 is 15.9 Å². The summed E-state index contributed by atoms with van der Waals surface area (Å²) in [4.78, 5) is 12.1. The lowest BCUT2D eigenvalue weighted by atomic mass is 9.84. The first-order valence-corrected chi connectivity index (χ1v) is 7.28. The third-order valence-corrected chi connectivity index (χ3v) is 4.51. The molecule has 3 nitrogen and oxygen atoms in total. The van der Waals surface area contributed by atoms with Crippen LogP contribution in [-0.2, 0) is 5.41 Å². The van der Waals surface area contributed by atoms with Crippen LogP contribution in [0.1, 0.15) is 50.5 Å². The first kappa shape index (κ1) is 16.0. The summed E-state index contributed by atoms with van der Waals surface area (Å²) in [6, 6.07) is 3.27. The second-order valence-corrected chi connectivity index (χ2v) is 7.21. The van der Waals surface area contributed by atoms with E-state index < -0.39 is 0 Å². The van der Waals surface area contributed by atoms with Gasteiger partial charge in [-0.15, -0.1) is 0 Å². The molecule has 0 saturated carbocycles. The summed E-state index contributed by atoms with van der Waals surface area (Å²) in [5.41, 5.74) is 7.07. The van der Waals surface area contributed by atoms with Gasteiger partial charge in [-0.25, -0.2) is 0 Å². The molecule has 3 N–H and O–H groups in total. The van der Waals surface area contributed by atoms with Gasteiger partial charge in [-0.3, -0.25) is 4.79 Å². The molecule has 1 aromatic carbocycles. The predicted octanol–water partition coefficient (Wildman–Crippen LogP) is 3.87. The highest BCUT2D eigenvalue weighted by atomic mass is 79.9. The molecule has 0 heterocycles. The van der Waals surface area contributed by atoms with Gasteiger partial charge in [0.05, 0.1) is 10.4 Å². The van der Waals surface area contributed by atoms with Crippen molar-refractivity contribution in [2.24, 2.45) is 5.92 Å². The predicted molar refractivity (Wildman–Crippen MR) is 83.1 cm³/mol.